The second-order valence-corrected chi connectivity index (χ2v) is 2.58. The third-order valence-corrected chi connectivity index (χ3v) is 1.25. The molecular weight excluding hydrogens is 130 g/mol. The molecule has 0 saturated carbocycles. The van der Waals surface area contributed by atoms with Crippen LogP contribution in [-0.4, -0.2) is 29.4 Å². The summed E-state index contributed by atoms with van der Waals surface area (Å²) in [5, 5.41) is 9.43. The lowest BCUT2D eigenvalue weighted by atomic mass is 10.1. The van der Waals surface area contributed by atoms with E-state index < -0.39 is 5.72 Å². The van der Waals surface area contributed by atoms with Gasteiger partial charge in [-0.2, -0.15) is 0 Å². The summed E-state index contributed by atoms with van der Waals surface area (Å²) < 4.78 is 0. The maximum absolute atomic E-state index is 9.43. The molecule has 0 radical (unpaired) electrons. The predicted octanol–water partition coefficient (Wildman–Crippen LogP) is -0.475. The molecule has 0 spiro atoms. The number of nitrogens with two attached hydrogens (primary N) is 1. The van der Waals surface area contributed by atoms with Crippen molar-refractivity contribution in [1.82, 2.24) is 0 Å². The third-order valence-electron chi connectivity index (χ3n) is 1.25. The molecule has 1 heterocycles. The topological polar surface area (TPSA) is 71.0 Å². The van der Waals surface area contributed by atoms with Crippen molar-refractivity contribution >= 4 is 12.6 Å². The molecule has 0 saturated heterocycles. The summed E-state index contributed by atoms with van der Waals surface area (Å²) in [6.45, 7) is 1.82. The first kappa shape index (κ1) is 7.37. The van der Waals surface area contributed by atoms with Gasteiger partial charge in [0.25, 0.3) is 0 Å². The summed E-state index contributed by atoms with van der Waals surface area (Å²) in [7, 11) is 0. The van der Waals surface area contributed by atoms with E-state index in [1.165, 1.54) is 12.6 Å². The molecule has 2 atom stereocenters. The molecule has 0 fully saturated rings. The molecule has 1 rings (SSSR count). The molecule has 10 heavy (non-hydrogen) atoms. The molecule has 0 bridgehead atoms. The van der Waals surface area contributed by atoms with Crippen LogP contribution in [0.1, 0.15) is 13.3 Å². The van der Waals surface area contributed by atoms with Crippen molar-refractivity contribution in [2.24, 2.45) is 15.7 Å². The molecule has 0 aromatic rings. The first-order valence-electron chi connectivity index (χ1n) is 3.18. The first-order valence-corrected chi connectivity index (χ1v) is 3.18. The van der Waals surface area contributed by atoms with Gasteiger partial charge < -0.3 is 10.8 Å². The van der Waals surface area contributed by atoms with Gasteiger partial charge in [0, 0.05) is 12.5 Å². The van der Waals surface area contributed by atoms with Crippen LogP contribution in [0.5, 0.6) is 0 Å². The van der Waals surface area contributed by atoms with Crippen molar-refractivity contribution in [2.75, 3.05) is 0 Å². The number of aliphatic imine (C=N–C) groups is 2. The van der Waals surface area contributed by atoms with Crippen LogP contribution in [0.3, 0.4) is 0 Å². The Morgan fingerprint density at radius 1 is 1.80 bits per heavy atom. The summed E-state index contributed by atoms with van der Waals surface area (Å²) in [6, 6.07) is -0.0632. The molecule has 0 amide bonds. The fraction of sp³-hybridized carbons (Fsp3) is 0.667. The molecular formula is C6H11N3O. The Labute approximate surface area is 59.5 Å². The molecule has 1 aliphatic heterocycles. The largest absolute Gasteiger partial charge is 0.365 e. The molecule has 0 aromatic carbocycles. The molecule has 56 valence electrons. The van der Waals surface area contributed by atoms with Gasteiger partial charge in [-0.3, -0.25) is 0 Å². The van der Waals surface area contributed by atoms with E-state index >= 15 is 0 Å². The lowest BCUT2D eigenvalue weighted by Gasteiger charge is -2.16. The SMILES string of the molecule is C[C@@H](N)CC1(O)C=NC=N1. The number of hydrogen-bond donors (Lipinski definition) is 2. The van der Waals surface area contributed by atoms with Gasteiger partial charge in [0.1, 0.15) is 6.34 Å². The Hall–Kier alpha value is -0.740. The van der Waals surface area contributed by atoms with E-state index in [1.807, 2.05) is 6.92 Å². The Bertz CT molecular complexity index is 162. The van der Waals surface area contributed by atoms with E-state index in [1.54, 1.807) is 0 Å². The summed E-state index contributed by atoms with van der Waals surface area (Å²) in [5.41, 5.74) is 4.33. The molecule has 0 aliphatic carbocycles. The first-order chi connectivity index (χ1) is 4.62. The molecule has 1 aliphatic rings. The molecule has 0 aromatic heterocycles. The Balaban J connectivity index is 2.53. The van der Waals surface area contributed by atoms with E-state index in [9.17, 15) is 5.11 Å². The summed E-state index contributed by atoms with van der Waals surface area (Å²) in [6.07, 6.45) is 3.16. The lowest BCUT2D eigenvalue weighted by molar-refractivity contribution is 0.114. The van der Waals surface area contributed by atoms with Crippen LogP contribution in [0.4, 0.5) is 0 Å². The lowest BCUT2D eigenvalue weighted by Crippen LogP contribution is -2.33. The fourth-order valence-corrected chi connectivity index (χ4v) is 0.899. The van der Waals surface area contributed by atoms with E-state index in [4.69, 9.17) is 5.73 Å². The van der Waals surface area contributed by atoms with Crippen LogP contribution in [0.2, 0.25) is 0 Å². The van der Waals surface area contributed by atoms with Gasteiger partial charge in [-0.05, 0) is 6.92 Å². The number of nitrogens with zero attached hydrogens (tertiary/aromatic N) is 2. The van der Waals surface area contributed by atoms with Crippen LogP contribution in [0.25, 0.3) is 0 Å². The van der Waals surface area contributed by atoms with Gasteiger partial charge in [0.2, 0.25) is 0 Å². The van der Waals surface area contributed by atoms with Gasteiger partial charge in [-0.25, -0.2) is 9.98 Å². The van der Waals surface area contributed by atoms with E-state index in [-0.39, 0.29) is 6.04 Å². The van der Waals surface area contributed by atoms with Gasteiger partial charge >= 0.3 is 0 Å². The number of hydrogen-bond acceptors (Lipinski definition) is 4. The monoisotopic (exact) mass is 141 g/mol. The minimum Gasteiger partial charge on any atom is -0.365 e. The van der Waals surface area contributed by atoms with Crippen molar-refractivity contribution in [3.8, 4) is 0 Å². The average Bonchev–Trinajstić information content (AvgIpc) is 2.12. The van der Waals surface area contributed by atoms with Crippen molar-refractivity contribution < 1.29 is 5.11 Å². The van der Waals surface area contributed by atoms with E-state index in [2.05, 4.69) is 9.98 Å². The van der Waals surface area contributed by atoms with Crippen LogP contribution in [0.15, 0.2) is 9.98 Å². The summed E-state index contributed by atoms with van der Waals surface area (Å²) >= 11 is 0. The van der Waals surface area contributed by atoms with Gasteiger partial charge in [0.15, 0.2) is 5.72 Å². The Kier molecular flexibility index (Phi) is 1.82. The van der Waals surface area contributed by atoms with Crippen molar-refractivity contribution in [1.29, 1.82) is 0 Å². The maximum atomic E-state index is 9.43. The Morgan fingerprint density at radius 2 is 2.50 bits per heavy atom. The van der Waals surface area contributed by atoms with Crippen molar-refractivity contribution in [3.05, 3.63) is 0 Å². The number of aliphatic hydroxyl groups is 1. The zero-order valence-electron chi connectivity index (χ0n) is 5.86. The third kappa shape index (κ3) is 1.62. The quantitative estimate of drug-likeness (QED) is 0.545. The zero-order valence-corrected chi connectivity index (χ0v) is 5.86. The Morgan fingerprint density at radius 3 is 2.90 bits per heavy atom. The molecule has 4 nitrogen and oxygen atoms in total. The average molecular weight is 141 g/mol. The predicted molar refractivity (Wildman–Crippen MR) is 40.2 cm³/mol. The smallest absolute Gasteiger partial charge is 0.195 e. The highest BCUT2D eigenvalue weighted by atomic mass is 16.3. The fourth-order valence-electron chi connectivity index (χ4n) is 0.899. The van der Waals surface area contributed by atoms with Crippen molar-refractivity contribution in [2.45, 2.75) is 25.1 Å². The second kappa shape index (κ2) is 2.48. The van der Waals surface area contributed by atoms with Crippen LogP contribution >= 0.6 is 0 Å². The van der Waals surface area contributed by atoms with Gasteiger partial charge in [-0.15, -0.1) is 0 Å². The van der Waals surface area contributed by atoms with Crippen LogP contribution in [0, 0.1) is 0 Å². The molecule has 3 N–H and O–H groups in total. The van der Waals surface area contributed by atoms with Gasteiger partial charge in [0.05, 0.1) is 6.21 Å². The van der Waals surface area contributed by atoms with E-state index in [0.29, 0.717) is 6.42 Å². The molecule has 1 unspecified atom stereocenters. The minimum absolute atomic E-state index is 0.0632. The standard InChI is InChI=1S/C6H11N3O/c1-5(7)2-6(10)3-8-4-9-6/h3-5,10H,2,7H2,1H3/t5-,6?/m1/s1. The highest BCUT2D eigenvalue weighted by Gasteiger charge is 2.26. The molecule has 4 heteroatoms. The number of rotatable bonds is 2. The zero-order chi connectivity index (χ0) is 7.61. The van der Waals surface area contributed by atoms with Crippen molar-refractivity contribution in [3.63, 3.8) is 0 Å². The normalized spacial score (nSPS) is 33.1. The second-order valence-electron chi connectivity index (χ2n) is 2.58. The maximum Gasteiger partial charge on any atom is 0.195 e. The summed E-state index contributed by atoms with van der Waals surface area (Å²) in [5.74, 6) is 0. The van der Waals surface area contributed by atoms with Crippen LogP contribution < -0.4 is 5.73 Å². The van der Waals surface area contributed by atoms with Gasteiger partial charge in [-0.1, -0.05) is 0 Å². The highest BCUT2D eigenvalue weighted by Crippen LogP contribution is 2.13. The summed E-state index contributed by atoms with van der Waals surface area (Å²) in [4.78, 5) is 7.40. The highest BCUT2D eigenvalue weighted by molar-refractivity contribution is 5.84. The minimum atomic E-state index is -1.13. The van der Waals surface area contributed by atoms with Crippen LogP contribution in [-0.2, 0) is 0 Å². The van der Waals surface area contributed by atoms with E-state index in [0.717, 1.165) is 0 Å².